The molecule has 0 aromatic heterocycles. The maximum absolute atomic E-state index is 12.3. The van der Waals surface area contributed by atoms with Crippen molar-refractivity contribution in [1.82, 2.24) is 5.32 Å². The van der Waals surface area contributed by atoms with E-state index in [1.165, 1.54) is 7.11 Å². The van der Waals surface area contributed by atoms with Crippen molar-refractivity contribution in [2.45, 2.75) is 38.7 Å². The molecule has 3 nitrogen and oxygen atoms in total. The Labute approximate surface area is 94.3 Å². The molecule has 0 rings (SSSR count). The molecule has 0 saturated heterocycles. The van der Waals surface area contributed by atoms with Crippen LogP contribution in [0.2, 0.25) is 0 Å². The molecule has 0 saturated carbocycles. The van der Waals surface area contributed by atoms with E-state index in [0.29, 0.717) is 6.54 Å². The first-order valence-corrected chi connectivity index (χ1v) is 5.33. The molecule has 0 heterocycles. The van der Waals surface area contributed by atoms with E-state index in [9.17, 15) is 13.2 Å². The predicted octanol–water partition coefficient (Wildman–Crippen LogP) is 1.97. The largest absolute Gasteiger partial charge is 0.414 e. The highest BCUT2D eigenvalue weighted by molar-refractivity contribution is 4.67. The van der Waals surface area contributed by atoms with E-state index in [0.717, 1.165) is 19.9 Å². The molecule has 0 aromatic rings. The lowest BCUT2D eigenvalue weighted by Gasteiger charge is -2.23. The van der Waals surface area contributed by atoms with Crippen molar-refractivity contribution in [1.29, 1.82) is 0 Å². The normalized spacial score (nSPS) is 16.1. The van der Waals surface area contributed by atoms with Gasteiger partial charge in [-0.05, 0) is 19.9 Å². The van der Waals surface area contributed by atoms with Crippen LogP contribution in [0.15, 0.2) is 0 Å². The Balaban J connectivity index is 4.01. The van der Waals surface area contributed by atoms with Crippen LogP contribution in [0.5, 0.6) is 0 Å². The molecule has 0 spiro atoms. The van der Waals surface area contributed by atoms with E-state index in [-0.39, 0.29) is 6.61 Å². The molecule has 6 heteroatoms. The van der Waals surface area contributed by atoms with Gasteiger partial charge in [-0.2, -0.15) is 13.2 Å². The van der Waals surface area contributed by atoms with Gasteiger partial charge in [0, 0.05) is 13.7 Å². The average Bonchev–Trinajstić information content (AvgIpc) is 2.16. The van der Waals surface area contributed by atoms with E-state index >= 15 is 0 Å². The molecule has 0 amide bonds. The van der Waals surface area contributed by atoms with Gasteiger partial charge in [0.2, 0.25) is 0 Å². The van der Waals surface area contributed by atoms with Crippen molar-refractivity contribution in [2.75, 3.05) is 26.8 Å². The number of nitrogens with one attached hydrogen (secondary N) is 1. The Morgan fingerprint density at radius 2 is 1.94 bits per heavy atom. The Morgan fingerprint density at radius 3 is 2.38 bits per heavy atom. The lowest BCUT2D eigenvalue weighted by atomic mass is 10.3. The van der Waals surface area contributed by atoms with Crippen molar-refractivity contribution >= 4 is 0 Å². The summed E-state index contributed by atoms with van der Waals surface area (Å²) in [5.74, 6) is 0. The van der Waals surface area contributed by atoms with Gasteiger partial charge in [-0.3, -0.25) is 0 Å². The predicted molar refractivity (Wildman–Crippen MR) is 55.4 cm³/mol. The summed E-state index contributed by atoms with van der Waals surface area (Å²) in [6, 6.07) is 0. The second kappa shape index (κ2) is 7.86. The van der Waals surface area contributed by atoms with Gasteiger partial charge in [0.1, 0.15) is 0 Å². The minimum Gasteiger partial charge on any atom is -0.382 e. The average molecular weight is 243 g/mol. The third-order valence-corrected chi connectivity index (χ3v) is 2.01. The van der Waals surface area contributed by atoms with Crippen LogP contribution >= 0.6 is 0 Å². The van der Waals surface area contributed by atoms with Crippen LogP contribution in [0.3, 0.4) is 0 Å². The topological polar surface area (TPSA) is 30.5 Å². The summed E-state index contributed by atoms with van der Waals surface area (Å²) in [6.07, 6.45) is -5.74. The SMILES string of the molecule is CCCNCC(COC)OC(C)C(F)(F)F. The summed E-state index contributed by atoms with van der Waals surface area (Å²) in [5.41, 5.74) is 0. The maximum Gasteiger partial charge on any atom is 0.414 e. The molecule has 2 atom stereocenters. The monoisotopic (exact) mass is 243 g/mol. The highest BCUT2D eigenvalue weighted by Crippen LogP contribution is 2.23. The molecule has 0 fully saturated rings. The lowest BCUT2D eigenvalue weighted by Crippen LogP contribution is -2.40. The number of halogens is 3. The van der Waals surface area contributed by atoms with Gasteiger partial charge in [-0.25, -0.2) is 0 Å². The van der Waals surface area contributed by atoms with Crippen molar-refractivity contribution in [2.24, 2.45) is 0 Å². The Morgan fingerprint density at radius 1 is 1.31 bits per heavy atom. The van der Waals surface area contributed by atoms with Gasteiger partial charge in [-0.1, -0.05) is 6.92 Å². The van der Waals surface area contributed by atoms with Gasteiger partial charge in [0.25, 0.3) is 0 Å². The number of alkyl halides is 3. The minimum absolute atomic E-state index is 0.150. The van der Waals surface area contributed by atoms with Crippen molar-refractivity contribution < 1.29 is 22.6 Å². The quantitative estimate of drug-likeness (QED) is 0.661. The number of methoxy groups -OCH3 is 1. The summed E-state index contributed by atoms with van der Waals surface area (Å²) >= 11 is 0. The lowest BCUT2D eigenvalue weighted by molar-refractivity contribution is -0.229. The highest BCUT2D eigenvalue weighted by atomic mass is 19.4. The van der Waals surface area contributed by atoms with E-state index in [4.69, 9.17) is 9.47 Å². The molecular formula is C10H20F3NO2. The second-order valence-corrected chi connectivity index (χ2v) is 3.60. The molecule has 2 unspecified atom stereocenters. The smallest absolute Gasteiger partial charge is 0.382 e. The Hall–Kier alpha value is -0.330. The number of rotatable bonds is 8. The van der Waals surface area contributed by atoms with Crippen molar-refractivity contribution in [3.05, 3.63) is 0 Å². The molecule has 0 aliphatic rings. The first-order valence-electron chi connectivity index (χ1n) is 5.33. The van der Waals surface area contributed by atoms with Crippen LogP contribution in [0.4, 0.5) is 13.2 Å². The number of hydrogen-bond donors (Lipinski definition) is 1. The van der Waals surface area contributed by atoms with Crippen molar-refractivity contribution in [3.8, 4) is 0 Å². The van der Waals surface area contributed by atoms with E-state index in [1.54, 1.807) is 0 Å². The van der Waals surface area contributed by atoms with Gasteiger partial charge in [0.05, 0.1) is 12.7 Å². The molecule has 1 N–H and O–H groups in total. The van der Waals surface area contributed by atoms with Crippen LogP contribution in [0, 0.1) is 0 Å². The zero-order valence-corrected chi connectivity index (χ0v) is 9.93. The Kier molecular flexibility index (Phi) is 7.70. The van der Waals surface area contributed by atoms with Crippen LogP contribution in [0.1, 0.15) is 20.3 Å². The maximum atomic E-state index is 12.3. The molecule has 0 aliphatic carbocycles. The van der Waals surface area contributed by atoms with Gasteiger partial charge < -0.3 is 14.8 Å². The van der Waals surface area contributed by atoms with Gasteiger partial charge >= 0.3 is 6.18 Å². The van der Waals surface area contributed by atoms with Crippen molar-refractivity contribution in [3.63, 3.8) is 0 Å². The molecule has 16 heavy (non-hydrogen) atoms. The minimum atomic E-state index is -4.32. The van der Waals surface area contributed by atoms with Gasteiger partial charge in [0.15, 0.2) is 6.10 Å². The number of hydrogen-bond acceptors (Lipinski definition) is 3. The molecule has 0 aromatic carbocycles. The fraction of sp³-hybridized carbons (Fsp3) is 1.00. The summed E-state index contributed by atoms with van der Waals surface area (Å²) in [5, 5.41) is 3.00. The molecule has 98 valence electrons. The summed E-state index contributed by atoms with van der Waals surface area (Å²) in [7, 11) is 1.44. The molecular weight excluding hydrogens is 223 g/mol. The first-order chi connectivity index (χ1) is 7.41. The van der Waals surface area contributed by atoms with Crippen LogP contribution in [0.25, 0.3) is 0 Å². The first kappa shape index (κ1) is 15.7. The zero-order valence-electron chi connectivity index (χ0n) is 9.93. The third kappa shape index (κ3) is 7.03. The van der Waals surface area contributed by atoms with E-state index < -0.39 is 18.4 Å². The fourth-order valence-electron chi connectivity index (χ4n) is 1.14. The van der Waals surface area contributed by atoms with E-state index in [2.05, 4.69) is 5.32 Å². The summed E-state index contributed by atoms with van der Waals surface area (Å²) in [6.45, 7) is 4.25. The fourth-order valence-corrected chi connectivity index (χ4v) is 1.14. The molecule has 0 aliphatic heterocycles. The Bertz CT molecular complexity index is 176. The zero-order chi connectivity index (χ0) is 12.6. The van der Waals surface area contributed by atoms with Gasteiger partial charge in [-0.15, -0.1) is 0 Å². The van der Waals surface area contributed by atoms with E-state index in [1.807, 2.05) is 6.92 Å². The molecule has 0 radical (unpaired) electrons. The standard InChI is InChI=1S/C10H20F3NO2/c1-4-5-14-6-9(7-15-3)16-8(2)10(11,12)13/h8-9,14H,4-7H2,1-3H3. The summed E-state index contributed by atoms with van der Waals surface area (Å²) in [4.78, 5) is 0. The number of ether oxygens (including phenoxy) is 2. The third-order valence-electron chi connectivity index (χ3n) is 2.01. The van der Waals surface area contributed by atoms with Crippen LogP contribution in [-0.2, 0) is 9.47 Å². The molecule has 0 bridgehead atoms. The summed E-state index contributed by atoms with van der Waals surface area (Å²) < 4.78 is 46.5. The van der Waals surface area contributed by atoms with Crippen LogP contribution < -0.4 is 5.32 Å². The highest BCUT2D eigenvalue weighted by Gasteiger charge is 2.38. The van der Waals surface area contributed by atoms with Crippen LogP contribution in [-0.4, -0.2) is 45.2 Å². The second-order valence-electron chi connectivity index (χ2n) is 3.60.